The summed E-state index contributed by atoms with van der Waals surface area (Å²) in [5, 5.41) is 6.17. The van der Waals surface area contributed by atoms with Crippen LogP contribution in [0.4, 0.5) is 0 Å². The predicted octanol–water partition coefficient (Wildman–Crippen LogP) is 2.99. The summed E-state index contributed by atoms with van der Waals surface area (Å²) in [6.45, 7) is 9.52. The van der Waals surface area contributed by atoms with Crippen LogP contribution in [0.2, 0.25) is 0 Å². The molecule has 1 amide bonds. The van der Waals surface area contributed by atoms with Crippen LogP contribution in [0.1, 0.15) is 37.8 Å². The van der Waals surface area contributed by atoms with Crippen LogP contribution in [0.15, 0.2) is 24.3 Å². The van der Waals surface area contributed by atoms with Gasteiger partial charge in [-0.2, -0.15) is 0 Å². The molecule has 0 radical (unpaired) electrons. The molecule has 0 bridgehead atoms. The van der Waals surface area contributed by atoms with Gasteiger partial charge in [0.05, 0.1) is 6.54 Å². The van der Waals surface area contributed by atoms with Crippen molar-refractivity contribution in [2.45, 2.75) is 39.8 Å². The Kier molecular flexibility index (Phi) is 12.1. The van der Waals surface area contributed by atoms with E-state index in [4.69, 9.17) is 0 Å². The number of carbonyl (C=O) groups excluding carboxylic acids is 1. The van der Waals surface area contributed by atoms with Gasteiger partial charge >= 0.3 is 0 Å². The highest BCUT2D eigenvalue weighted by Gasteiger charge is 2.20. The zero-order valence-corrected chi connectivity index (χ0v) is 16.3. The van der Waals surface area contributed by atoms with Crippen molar-refractivity contribution in [3.05, 3.63) is 35.4 Å². The molecule has 138 valence electrons. The number of rotatable bonds is 10. The van der Waals surface area contributed by atoms with Gasteiger partial charge in [-0.25, -0.2) is 0 Å². The molecule has 0 saturated heterocycles. The van der Waals surface area contributed by atoms with Crippen LogP contribution in [0.5, 0.6) is 0 Å². The number of carbonyl (C=O) groups is 1. The van der Waals surface area contributed by atoms with E-state index < -0.39 is 0 Å². The first-order valence-corrected chi connectivity index (χ1v) is 8.48. The van der Waals surface area contributed by atoms with Gasteiger partial charge in [0.25, 0.3) is 0 Å². The van der Waals surface area contributed by atoms with Crippen molar-refractivity contribution < 1.29 is 4.79 Å². The second-order valence-electron chi connectivity index (χ2n) is 6.13. The van der Waals surface area contributed by atoms with Crippen LogP contribution in [-0.2, 0) is 17.9 Å². The maximum atomic E-state index is 11.7. The molecule has 6 heteroatoms. The average molecular weight is 376 g/mol. The summed E-state index contributed by atoms with van der Waals surface area (Å²) in [6, 6.07) is 8.53. The van der Waals surface area contributed by atoms with Crippen LogP contribution < -0.4 is 10.6 Å². The molecular formula is C18H31Cl2N3O. The minimum Gasteiger partial charge on any atom is -0.351 e. The molecule has 2 rings (SSSR count). The molecule has 0 unspecified atom stereocenters. The van der Waals surface area contributed by atoms with E-state index in [1.165, 1.54) is 18.4 Å². The summed E-state index contributed by atoms with van der Waals surface area (Å²) in [5.74, 6) is 0.888. The molecule has 1 saturated carbocycles. The Morgan fingerprint density at radius 3 is 2.21 bits per heavy atom. The topological polar surface area (TPSA) is 44.4 Å². The summed E-state index contributed by atoms with van der Waals surface area (Å²) in [6.07, 6.45) is 2.63. The first kappa shape index (κ1) is 23.2. The summed E-state index contributed by atoms with van der Waals surface area (Å²) < 4.78 is 0. The Hall–Kier alpha value is -0.810. The van der Waals surface area contributed by atoms with Gasteiger partial charge in [0.1, 0.15) is 0 Å². The maximum Gasteiger partial charge on any atom is 0.234 e. The van der Waals surface area contributed by atoms with E-state index in [-0.39, 0.29) is 30.7 Å². The first-order chi connectivity index (χ1) is 10.7. The average Bonchev–Trinajstić information content (AvgIpc) is 3.36. The largest absolute Gasteiger partial charge is 0.351 e. The van der Waals surface area contributed by atoms with Gasteiger partial charge in [-0.3, -0.25) is 9.69 Å². The highest BCUT2D eigenvalue weighted by Crippen LogP contribution is 2.27. The molecule has 0 atom stereocenters. The lowest BCUT2D eigenvalue weighted by Crippen LogP contribution is -2.34. The number of hydrogen-bond acceptors (Lipinski definition) is 3. The van der Waals surface area contributed by atoms with Crippen LogP contribution in [0, 0.1) is 5.92 Å². The smallest absolute Gasteiger partial charge is 0.234 e. The zero-order chi connectivity index (χ0) is 15.8. The number of hydrogen-bond donors (Lipinski definition) is 2. The lowest BCUT2D eigenvalue weighted by atomic mass is 10.1. The van der Waals surface area contributed by atoms with Crippen molar-refractivity contribution in [1.29, 1.82) is 0 Å². The van der Waals surface area contributed by atoms with E-state index in [9.17, 15) is 4.79 Å². The first-order valence-electron chi connectivity index (χ1n) is 8.48. The second kappa shape index (κ2) is 12.5. The molecule has 1 aliphatic carbocycles. The zero-order valence-electron chi connectivity index (χ0n) is 14.7. The minimum atomic E-state index is 0. The number of nitrogens with one attached hydrogen (secondary N) is 2. The predicted molar refractivity (Wildman–Crippen MR) is 105 cm³/mol. The lowest BCUT2D eigenvalue weighted by molar-refractivity contribution is -0.120. The van der Waals surface area contributed by atoms with Crippen molar-refractivity contribution in [3.63, 3.8) is 0 Å². The molecule has 1 aliphatic rings. The van der Waals surface area contributed by atoms with E-state index >= 15 is 0 Å². The third kappa shape index (κ3) is 8.88. The Bertz CT molecular complexity index is 460. The Morgan fingerprint density at radius 1 is 1.08 bits per heavy atom. The molecule has 0 aromatic heterocycles. The molecule has 24 heavy (non-hydrogen) atoms. The molecule has 0 heterocycles. The van der Waals surface area contributed by atoms with Crippen molar-refractivity contribution in [1.82, 2.24) is 15.5 Å². The SMILES string of the molecule is CCN(CC)Cc1ccc(CNC(=O)CNCC2CC2)cc1.Cl.Cl. The number of nitrogens with zero attached hydrogens (tertiary/aromatic N) is 1. The standard InChI is InChI=1S/C18H29N3O.2ClH/c1-3-21(4-2)14-17-9-7-16(8-10-17)12-20-18(22)13-19-11-15-5-6-15;;/h7-10,15,19H,3-6,11-14H2,1-2H3,(H,20,22);2*1H. The third-order valence-electron chi connectivity index (χ3n) is 4.23. The molecule has 4 nitrogen and oxygen atoms in total. The van der Waals surface area contributed by atoms with Gasteiger partial charge in [0.2, 0.25) is 5.91 Å². The fourth-order valence-corrected chi connectivity index (χ4v) is 2.44. The number of halogens is 2. The Balaban J connectivity index is 0.00000264. The molecular weight excluding hydrogens is 345 g/mol. The van der Waals surface area contributed by atoms with Gasteiger partial charge in [-0.1, -0.05) is 38.1 Å². The Morgan fingerprint density at radius 2 is 1.67 bits per heavy atom. The minimum absolute atomic E-state index is 0. The molecule has 1 fully saturated rings. The van der Waals surface area contributed by atoms with Crippen molar-refractivity contribution in [2.75, 3.05) is 26.2 Å². The van der Waals surface area contributed by atoms with E-state index in [2.05, 4.69) is 53.6 Å². The van der Waals surface area contributed by atoms with Gasteiger partial charge < -0.3 is 10.6 Å². The van der Waals surface area contributed by atoms with Gasteiger partial charge in [0, 0.05) is 13.1 Å². The van der Waals surface area contributed by atoms with Gasteiger partial charge in [0.15, 0.2) is 0 Å². The molecule has 0 spiro atoms. The summed E-state index contributed by atoms with van der Waals surface area (Å²) >= 11 is 0. The third-order valence-corrected chi connectivity index (χ3v) is 4.23. The van der Waals surface area contributed by atoms with Gasteiger partial charge in [-0.15, -0.1) is 24.8 Å². The monoisotopic (exact) mass is 375 g/mol. The highest BCUT2D eigenvalue weighted by atomic mass is 35.5. The normalized spacial score (nSPS) is 13.1. The lowest BCUT2D eigenvalue weighted by Gasteiger charge is -2.18. The van der Waals surface area contributed by atoms with E-state index in [0.29, 0.717) is 13.1 Å². The maximum absolute atomic E-state index is 11.7. The molecule has 0 aliphatic heterocycles. The van der Waals surface area contributed by atoms with Gasteiger partial charge in [-0.05, 0) is 49.5 Å². The summed E-state index contributed by atoms with van der Waals surface area (Å²) in [4.78, 5) is 14.1. The van der Waals surface area contributed by atoms with E-state index in [1.807, 2.05) is 0 Å². The highest BCUT2D eigenvalue weighted by molar-refractivity contribution is 5.85. The fraction of sp³-hybridized carbons (Fsp3) is 0.611. The number of amides is 1. The van der Waals surface area contributed by atoms with Crippen molar-refractivity contribution in [2.24, 2.45) is 5.92 Å². The van der Waals surface area contributed by atoms with Crippen LogP contribution in [0.25, 0.3) is 0 Å². The van der Waals surface area contributed by atoms with Crippen LogP contribution >= 0.6 is 24.8 Å². The van der Waals surface area contributed by atoms with Crippen molar-refractivity contribution >= 4 is 30.7 Å². The van der Waals surface area contributed by atoms with E-state index in [1.54, 1.807) is 0 Å². The van der Waals surface area contributed by atoms with Crippen LogP contribution in [0.3, 0.4) is 0 Å². The molecule has 1 aromatic rings. The number of benzene rings is 1. The molecule has 2 N–H and O–H groups in total. The van der Waals surface area contributed by atoms with Crippen LogP contribution in [-0.4, -0.2) is 37.0 Å². The quantitative estimate of drug-likeness (QED) is 0.660. The molecule has 1 aromatic carbocycles. The summed E-state index contributed by atoms with van der Waals surface area (Å²) in [5.41, 5.74) is 2.48. The summed E-state index contributed by atoms with van der Waals surface area (Å²) in [7, 11) is 0. The fourth-order valence-electron chi connectivity index (χ4n) is 2.44. The second-order valence-corrected chi connectivity index (χ2v) is 6.13. The van der Waals surface area contributed by atoms with Crippen molar-refractivity contribution in [3.8, 4) is 0 Å². The Labute approximate surface area is 158 Å². The van der Waals surface area contributed by atoms with E-state index in [0.717, 1.165) is 37.7 Å².